The van der Waals surface area contributed by atoms with E-state index in [1.54, 1.807) is 10.9 Å². The molecule has 0 aliphatic rings. The van der Waals surface area contributed by atoms with Gasteiger partial charge >= 0.3 is 0 Å². The number of nitrogens with zero attached hydrogens (tertiary/aromatic N) is 3. The number of hydrogen-bond acceptors (Lipinski definition) is 4. The fraction of sp³-hybridized carbons (Fsp3) is 0.467. The van der Waals surface area contributed by atoms with E-state index in [4.69, 9.17) is 4.74 Å². The lowest BCUT2D eigenvalue weighted by Crippen LogP contribution is -2.22. The largest absolute Gasteiger partial charge is 0.437 e. The standard InChI is InChI=1S/C15H22N4O/c1-10(2)17-9-13-11(3)18-19(5)15(13)20-14-7-6-8-16-12(14)4/h6-8,10,17H,9H2,1-5H3. The second-order valence-corrected chi connectivity index (χ2v) is 5.22. The lowest BCUT2D eigenvalue weighted by atomic mass is 10.2. The van der Waals surface area contributed by atoms with E-state index >= 15 is 0 Å². The Morgan fingerprint density at radius 1 is 1.30 bits per heavy atom. The van der Waals surface area contributed by atoms with Crippen LogP contribution in [0.15, 0.2) is 18.3 Å². The highest BCUT2D eigenvalue weighted by atomic mass is 16.5. The minimum atomic E-state index is 0.419. The smallest absolute Gasteiger partial charge is 0.222 e. The van der Waals surface area contributed by atoms with Crippen LogP contribution in [0.25, 0.3) is 0 Å². The summed E-state index contributed by atoms with van der Waals surface area (Å²) in [6, 6.07) is 4.21. The molecule has 108 valence electrons. The molecular weight excluding hydrogens is 252 g/mol. The molecule has 0 bridgehead atoms. The predicted octanol–water partition coefficient (Wildman–Crippen LogP) is 2.72. The van der Waals surface area contributed by atoms with Gasteiger partial charge in [-0.25, -0.2) is 4.68 Å². The topological polar surface area (TPSA) is 52.0 Å². The first-order chi connectivity index (χ1) is 9.49. The maximum absolute atomic E-state index is 6.02. The van der Waals surface area contributed by atoms with E-state index in [-0.39, 0.29) is 0 Å². The van der Waals surface area contributed by atoms with E-state index in [0.717, 1.165) is 35.1 Å². The molecule has 2 aromatic rings. The zero-order valence-corrected chi connectivity index (χ0v) is 12.8. The zero-order valence-electron chi connectivity index (χ0n) is 12.8. The van der Waals surface area contributed by atoms with Gasteiger partial charge in [0.1, 0.15) is 0 Å². The third kappa shape index (κ3) is 3.17. The van der Waals surface area contributed by atoms with Crippen molar-refractivity contribution in [1.82, 2.24) is 20.1 Å². The van der Waals surface area contributed by atoms with Gasteiger partial charge in [-0.05, 0) is 26.0 Å². The van der Waals surface area contributed by atoms with Gasteiger partial charge in [-0.2, -0.15) is 5.10 Å². The van der Waals surface area contributed by atoms with Crippen molar-refractivity contribution in [3.8, 4) is 11.6 Å². The third-order valence-electron chi connectivity index (χ3n) is 3.14. The normalized spacial score (nSPS) is 11.1. The highest BCUT2D eigenvalue weighted by Gasteiger charge is 2.16. The van der Waals surface area contributed by atoms with Crippen molar-refractivity contribution in [3.05, 3.63) is 35.3 Å². The molecule has 0 atom stereocenters. The second-order valence-electron chi connectivity index (χ2n) is 5.22. The molecule has 1 N–H and O–H groups in total. The van der Waals surface area contributed by atoms with Gasteiger partial charge < -0.3 is 10.1 Å². The number of aryl methyl sites for hydroxylation is 3. The van der Waals surface area contributed by atoms with Gasteiger partial charge in [0.05, 0.1) is 17.0 Å². The Morgan fingerprint density at radius 3 is 2.70 bits per heavy atom. The van der Waals surface area contributed by atoms with E-state index in [1.165, 1.54) is 0 Å². The Balaban J connectivity index is 2.29. The summed E-state index contributed by atoms with van der Waals surface area (Å²) in [6.45, 7) is 8.92. The molecule has 20 heavy (non-hydrogen) atoms. The third-order valence-corrected chi connectivity index (χ3v) is 3.14. The summed E-state index contributed by atoms with van der Waals surface area (Å²) in [5.41, 5.74) is 2.94. The van der Waals surface area contributed by atoms with Crippen molar-refractivity contribution in [2.45, 2.75) is 40.3 Å². The molecule has 0 fully saturated rings. The summed E-state index contributed by atoms with van der Waals surface area (Å²) in [4.78, 5) is 4.25. The predicted molar refractivity (Wildman–Crippen MR) is 79.0 cm³/mol. The number of pyridine rings is 1. The summed E-state index contributed by atoms with van der Waals surface area (Å²) in [5.74, 6) is 1.54. The van der Waals surface area contributed by atoms with Crippen molar-refractivity contribution in [3.63, 3.8) is 0 Å². The monoisotopic (exact) mass is 274 g/mol. The minimum Gasteiger partial charge on any atom is -0.437 e. The summed E-state index contributed by atoms with van der Waals surface area (Å²) < 4.78 is 7.80. The molecule has 2 rings (SSSR count). The van der Waals surface area contributed by atoms with Gasteiger partial charge in [-0.15, -0.1) is 0 Å². The Bertz CT molecular complexity index is 590. The van der Waals surface area contributed by atoms with Crippen LogP contribution in [0.1, 0.15) is 30.8 Å². The molecule has 0 radical (unpaired) electrons. The molecule has 0 saturated carbocycles. The van der Waals surface area contributed by atoms with Crippen molar-refractivity contribution in [2.24, 2.45) is 7.05 Å². The van der Waals surface area contributed by atoms with E-state index in [2.05, 4.69) is 29.2 Å². The Morgan fingerprint density at radius 2 is 2.05 bits per heavy atom. The van der Waals surface area contributed by atoms with Crippen LogP contribution in [-0.2, 0) is 13.6 Å². The second kappa shape index (κ2) is 6.05. The SMILES string of the molecule is Cc1ncccc1Oc1c(CNC(C)C)c(C)nn1C. The first-order valence-corrected chi connectivity index (χ1v) is 6.84. The lowest BCUT2D eigenvalue weighted by Gasteiger charge is -2.12. The van der Waals surface area contributed by atoms with E-state index in [0.29, 0.717) is 6.04 Å². The van der Waals surface area contributed by atoms with Crippen LogP contribution >= 0.6 is 0 Å². The first-order valence-electron chi connectivity index (χ1n) is 6.84. The molecule has 0 unspecified atom stereocenters. The van der Waals surface area contributed by atoms with Crippen LogP contribution in [0, 0.1) is 13.8 Å². The number of ether oxygens (including phenoxy) is 1. The zero-order chi connectivity index (χ0) is 14.7. The molecule has 5 nitrogen and oxygen atoms in total. The average Bonchev–Trinajstić information content (AvgIpc) is 2.64. The highest BCUT2D eigenvalue weighted by Crippen LogP contribution is 2.28. The van der Waals surface area contributed by atoms with Crippen LogP contribution in [0.4, 0.5) is 0 Å². The number of hydrogen-bond donors (Lipinski definition) is 1. The molecule has 0 aromatic carbocycles. The van der Waals surface area contributed by atoms with E-state index in [1.807, 2.05) is 33.0 Å². The molecule has 2 heterocycles. The van der Waals surface area contributed by atoms with Gasteiger partial charge in [0.25, 0.3) is 0 Å². The van der Waals surface area contributed by atoms with Crippen LogP contribution in [0.5, 0.6) is 11.6 Å². The summed E-state index contributed by atoms with van der Waals surface area (Å²) in [7, 11) is 1.90. The van der Waals surface area contributed by atoms with Crippen molar-refractivity contribution in [1.29, 1.82) is 0 Å². The van der Waals surface area contributed by atoms with Gasteiger partial charge in [-0.1, -0.05) is 13.8 Å². The molecule has 0 spiro atoms. The summed E-state index contributed by atoms with van der Waals surface area (Å²) >= 11 is 0. The van der Waals surface area contributed by atoms with Crippen LogP contribution in [0.2, 0.25) is 0 Å². The Kier molecular flexibility index (Phi) is 4.39. The van der Waals surface area contributed by atoms with Crippen LogP contribution in [0.3, 0.4) is 0 Å². The fourth-order valence-electron chi connectivity index (χ4n) is 2.00. The quantitative estimate of drug-likeness (QED) is 0.911. The lowest BCUT2D eigenvalue weighted by molar-refractivity contribution is 0.417. The van der Waals surface area contributed by atoms with Gasteiger partial charge in [-0.3, -0.25) is 4.98 Å². The number of aromatic nitrogens is 3. The molecule has 0 aliphatic carbocycles. The van der Waals surface area contributed by atoms with Gasteiger partial charge in [0, 0.05) is 25.8 Å². The summed E-state index contributed by atoms with van der Waals surface area (Å²) in [5, 5.41) is 7.85. The van der Waals surface area contributed by atoms with Crippen molar-refractivity contribution >= 4 is 0 Å². The fourth-order valence-corrected chi connectivity index (χ4v) is 2.00. The van der Waals surface area contributed by atoms with Gasteiger partial charge in [0.2, 0.25) is 5.88 Å². The molecule has 0 aliphatic heterocycles. The van der Waals surface area contributed by atoms with E-state index < -0.39 is 0 Å². The Labute approximate surface area is 120 Å². The molecule has 0 amide bonds. The van der Waals surface area contributed by atoms with Crippen LogP contribution < -0.4 is 10.1 Å². The van der Waals surface area contributed by atoms with Crippen molar-refractivity contribution in [2.75, 3.05) is 0 Å². The molecule has 0 saturated heterocycles. The maximum Gasteiger partial charge on any atom is 0.222 e. The number of nitrogens with one attached hydrogen (secondary N) is 1. The van der Waals surface area contributed by atoms with Crippen molar-refractivity contribution < 1.29 is 4.74 Å². The highest BCUT2D eigenvalue weighted by molar-refractivity contribution is 5.36. The Hall–Kier alpha value is -1.88. The number of rotatable bonds is 5. The maximum atomic E-state index is 6.02. The molecule has 5 heteroatoms. The molecular formula is C15H22N4O. The van der Waals surface area contributed by atoms with Crippen LogP contribution in [-0.4, -0.2) is 20.8 Å². The minimum absolute atomic E-state index is 0.419. The first kappa shape index (κ1) is 14.5. The van der Waals surface area contributed by atoms with Gasteiger partial charge in [0.15, 0.2) is 5.75 Å². The average molecular weight is 274 g/mol. The molecule has 2 aromatic heterocycles. The van der Waals surface area contributed by atoms with E-state index in [9.17, 15) is 0 Å². The summed E-state index contributed by atoms with van der Waals surface area (Å²) in [6.07, 6.45) is 1.76.